The van der Waals surface area contributed by atoms with Gasteiger partial charge in [-0.2, -0.15) is 5.26 Å². The van der Waals surface area contributed by atoms with Crippen LogP contribution in [-0.4, -0.2) is 10.9 Å². The third-order valence-corrected chi connectivity index (χ3v) is 3.48. The molecule has 0 aliphatic carbocycles. The van der Waals surface area contributed by atoms with E-state index in [1.165, 1.54) is 0 Å². The maximum Gasteiger partial charge on any atom is 0.224 e. The molecular weight excluding hydrogens is 300 g/mol. The molecule has 0 saturated carbocycles. The molecule has 2 rings (SSSR count). The highest BCUT2D eigenvalue weighted by atomic mass is 16.1. The Hall–Kier alpha value is -2.87. The number of nitrogens with zero attached hydrogens (tertiary/aromatic N) is 2. The van der Waals surface area contributed by atoms with E-state index >= 15 is 0 Å². The van der Waals surface area contributed by atoms with Crippen LogP contribution in [0.1, 0.15) is 37.1 Å². The molecule has 1 aromatic carbocycles. The number of pyridine rings is 1. The molecule has 0 saturated heterocycles. The first-order chi connectivity index (χ1) is 11.5. The zero-order chi connectivity index (χ0) is 17.5. The van der Waals surface area contributed by atoms with E-state index in [-0.39, 0.29) is 5.91 Å². The lowest BCUT2D eigenvalue weighted by Crippen LogP contribution is -2.14. The van der Waals surface area contributed by atoms with Crippen molar-refractivity contribution in [1.29, 1.82) is 5.26 Å². The molecule has 1 aromatic heterocycles. The van der Waals surface area contributed by atoms with Gasteiger partial charge in [0.05, 0.1) is 0 Å². The molecule has 0 aliphatic rings. The zero-order valence-corrected chi connectivity index (χ0v) is 14.3. The smallest absolute Gasteiger partial charge is 0.224 e. The summed E-state index contributed by atoms with van der Waals surface area (Å²) in [6.45, 7) is 6.46. The van der Waals surface area contributed by atoms with Crippen LogP contribution in [0.5, 0.6) is 0 Å². The second-order valence-corrected chi connectivity index (χ2v) is 6.17. The summed E-state index contributed by atoms with van der Waals surface area (Å²) in [5.74, 6) is 1.01. The fourth-order valence-corrected chi connectivity index (χ4v) is 2.27. The van der Waals surface area contributed by atoms with Gasteiger partial charge in [0.2, 0.25) is 5.91 Å². The number of carbonyl (C=O) groups is 1. The fraction of sp³-hybridized carbons (Fsp3) is 0.316. The highest BCUT2D eigenvalue weighted by Crippen LogP contribution is 2.15. The summed E-state index contributed by atoms with van der Waals surface area (Å²) in [4.78, 5) is 16.1. The Kier molecular flexibility index (Phi) is 5.91. The first-order valence-corrected chi connectivity index (χ1v) is 7.98. The van der Waals surface area contributed by atoms with Crippen LogP contribution in [0, 0.1) is 24.2 Å². The summed E-state index contributed by atoms with van der Waals surface area (Å²) in [6, 6.07) is 13.5. The largest absolute Gasteiger partial charge is 0.366 e. The molecule has 0 fully saturated rings. The van der Waals surface area contributed by atoms with Crippen LogP contribution in [-0.2, 0) is 11.3 Å². The van der Waals surface area contributed by atoms with Gasteiger partial charge < -0.3 is 10.6 Å². The molecule has 1 amide bonds. The molecule has 0 spiro atoms. The van der Waals surface area contributed by atoms with E-state index in [0.717, 1.165) is 16.8 Å². The average Bonchev–Trinajstić information content (AvgIpc) is 2.53. The number of rotatable bonds is 6. The summed E-state index contributed by atoms with van der Waals surface area (Å²) in [5.41, 5.74) is 3.10. The summed E-state index contributed by atoms with van der Waals surface area (Å²) in [6.07, 6.45) is 0.507. The van der Waals surface area contributed by atoms with Crippen LogP contribution in [0.25, 0.3) is 0 Å². The van der Waals surface area contributed by atoms with Gasteiger partial charge >= 0.3 is 0 Å². The van der Waals surface area contributed by atoms with E-state index in [9.17, 15) is 4.79 Å². The van der Waals surface area contributed by atoms with Crippen molar-refractivity contribution in [1.82, 2.24) is 4.98 Å². The van der Waals surface area contributed by atoms with Gasteiger partial charge in [-0.25, -0.2) is 4.98 Å². The van der Waals surface area contributed by atoms with E-state index in [1.807, 2.05) is 57.2 Å². The maximum absolute atomic E-state index is 11.8. The van der Waals surface area contributed by atoms with Crippen molar-refractivity contribution in [2.24, 2.45) is 5.92 Å². The monoisotopic (exact) mass is 322 g/mol. The van der Waals surface area contributed by atoms with Crippen molar-refractivity contribution >= 4 is 17.4 Å². The van der Waals surface area contributed by atoms with Gasteiger partial charge in [-0.05, 0) is 42.2 Å². The summed E-state index contributed by atoms with van der Waals surface area (Å²) < 4.78 is 0. The van der Waals surface area contributed by atoms with E-state index in [2.05, 4.69) is 21.7 Å². The van der Waals surface area contributed by atoms with Gasteiger partial charge in [-0.15, -0.1) is 0 Å². The predicted molar refractivity (Wildman–Crippen MR) is 95.5 cm³/mol. The van der Waals surface area contributed by atoms with Crippen molar-refractivity contribution in [3.05, 3.63) is 53.2 Å². The van der Waals surface area contributed by atoms with E-state index in [4.69, 9.17) is 5.26 Å². The number of aryl methyl sites for hydroxylation is 1. The number of nitriles is 1. The van der Waals surface area contributed by atoms with Gasteiger partial charge in [-0.1, -0.05) is 32.0 Å². The Morgan fingerprint density at radius 1 is 1.29 bits per heavy atom. The van der Waals surface area contributed by atoms with Crippen molar-refractivity contribution in [2.75, 3.05) is 10.6 Å². The number of benzene rings is 1. The van der Waals surface area contributed by atoms with E-state index in [1.54, 1.807) is 0 Å². The molecular formula is C19H22N4O. The Morgan fingerprint density at radius 2 is 2.08 bits per heavy atom. The van der Waals surface area contributed by atoms with Gasteiger partial charge in [0.25, 0.3) is 0 Å². The normalized spacial score (nSPS) is 10.3. The molecule has 124 valence electrons. The molecule has 0 aliphatic heterocycles. The summed E-state index contributed by atoms with van der Waals surface area (Å²) in [5, 5.41) is 15.1. The van der Waals surface area contributed by atoms with Gasteiger partial charge in [0.15, 0.2) is 0 Å². The lowest BCUT2D eigenvalue weighted by atomic mass is 10.1. The Bertz CT molecular complexity index is 762. The van der Waals surface area contributed by atoms with Crippen LogP contribution >= 0.6 is 0 Å². The highest BCUT2D eigenvalue weighted by molar-refractivity contribution is 5.90. The van der Waals surface area contributed by atoms with E-state index < -0.39 is 0 Å². The van der Waals surface area contributed by atoms with Crippen LogP contribution in [0.2, 0.25) is 0 Å². The van der Waals surface area contributed by atoms with Crippen LogP contribution < -0.4 is 10.6 Å². The van der Waals surface area contributed by atoms with Crippen molar-refractivity contribution in [3.8, 4) is 6.07 Å². The van der Waals surface area contributed by atoms with Gasteiger partial charge in [-0.3, -0.25) is 4.79 Å². The maximum atomic E-state index is 11.8. The second-order valence-electron chi connectivity index (χ2n) is 6.17. The molecule has 2 aromatic rings. The van der Waals surface area contributed by atoms with Crippen molar-refractivity contribution < 1.29 is 4.79 Å². The van der Waals surface area contributed by atoms with E-state index in [0.29, 0.717) is 30.4 Å². The minimum atomic E-state index is 0.0222. The average molecular weight is 322 g/mol. The van der Waals surface area contributed by atoms with Crippen molar-refractivity contribution in [2.45, 2.75) is 33.7 Å². The molecule has 0 unspecified atom stereocenters. The lowest BCUT2D eigenvalue weighted by Gasteiger charge is -2.10. The SMILES string of the molecule is Cc1ccc(NCc2cccc(NC(=O)CC(C)C)c2)nc1C#N. The molecule has 2 N–H and O–H groups in total. The molecule has 24 heavy (non-hydrogen) atoms. The first kappa shape index (κ1) is 17.5. The lowest BCUT2D eigenvalue weighted by molar-refractivity contribution is -0.116. The highest BCUT2D eigenvalue weighted by Gasteiger charge is 2.06. The topological polar surface area (TPSA) is 77.8 Å². The second kappa shape index (κ2) is 8.11. The first-order valence-electron chi connectivity index (χ1n) is 7.98. The van der Waals surface area contributed by atoms with Gasteiger partial charge in [0, 0.05) is 18.7 Å². The molecule has 0 bridgehead atoms. The Balaban J connectivity index is 2.00. The minimum Gasteiger partial charge on any atom is -0.366 e. The standard InChI is InChI=1S/C19H22N4O/c1-13(2)9-19(24)22-16-6-4-5-15(10-16)12-21-18-8-7-14(3)17(11-20)23-18/h4-8,10,13H,9,12H2,1-3H3,(H,21,23)(H,22,24). The Morgan fingerprint density at radius 3 is 2.79 bits per heavy atom. The molecule has 5 heteroatoms. The predicted octanol–water partition coefficient (Wildman–Crippen LogP) is 3.86. The van der Waals surface area contributed by atoms with Crippen LogP contribution in [0.4, 0.5) is 11.5 Å². The third kappa shape index (κ3) is 5.10. The minimum absolute atomic E-state index is 0.0222. The number of amides is 1. The quantitative estimate of drug-likeness (QED) is 0.846. The summed E-state index contributed by atoms with van der Waals surface area (Å²) in [7, 11) is 0. The van der Waals surface area contributed by atoms with Crippen molar-refractivity contribution in [3.63, 3.8) is 0 Å². The number of hydrogen-bond acceptors (Lipinski definition) is 4. The molecule has 0 radical (unpaired) electrons. The van der Waals surface area contributed by atoms with Crippen LogP contribution in [0.15, 0.2) is 36.4 Å². The number of aromatic nitrogens is 1. The fourth-order valence-electron chi connectivity index (χ4n) is 2.27. The number of anilines is 2. The third-order valence-electron chi connectivity index (χ3n) is 3.48. The number of carbonyl (C=O) groups excluding carboxylic acids is 1. The van der Waals surface area contributed by atoms with Gasteiger partial charge in [0.1, 0.15) is 17.6 Å². The molecule has 1 heterocycles. The summed E-state index contributed by atoms with van der Waals surface area (Å²) >= 11 is 0. The molecule has 0 atom stereocenters. The zero-order valence-electron chi connectivity index (χ0n) is 14.3. The molecule has 5 nitrogen and oxygen atoms in total. The Labute approximate surface area is 142 Å². The number of hydrogen-bond donors (Lipinski definition) is 2. The van der Waals surface area contributed by atoms with Crippen LogP contribution in [0.3, 0.4) is 0 Å². The number of nitrogens with one attached hydrogen (secondary N) is 2.